The molecule has 25 heavy (non-hydrogen) atoms. The number of aliphatic hydroxyl groups is 1. The first-order valence-electron chi connectivity index (χ1n) is 7.81. The molecule has 4 heterocycles. The number of ether oxygens (including phenoxy) is 1. The number of nitrogens with zero attached hydrogens (tertiary/aromatic N) is 5. The summed E-state index contributed by atoms with van der Waals surface area (Å²) in [5, 5.41) is 16.5. The Morgan fingerprint density at radius 3 is 2.92 bits per heavy atom. The van der Waals surface area contributed by atoms with Crippen molar-refractivity contribution < 1.29 is 14.3 Å². The first-order chi connectivity index (χ1) is 11.9. The number of hydrogen-bond acceptors (Lipinski definition) is 8. The highest BCUT2D eigenvalue weighted by Crippen LogP contribution is 2.37. The highest BCUT2D eigenvalue weighted by molar-refractivity contribution is 14.1. The summed E-state index contributed by atoms with van der Waals surface area (Å²) in [6.07, 6.45) is 1.93. The second-order valence-corrected chi connectivity index (χ2v) is 8.17. The Labute approximate surface area is 162 Å². The Morgan fingerprint density at radius 1 is 1.36 bits per heavy atom. The van der Waals surface area contributed by atoms with Gasteiger partial charge in [0.15, 0.2) is 10.7 Å². The number of aryl methyl sites for hydroxylation is 1. The molecule has 10 heteroatoms. The minimum absolute atomic E-state index is 0.301. The van der Waals surface area contributed by atoms with Gasteiger partial charge in [0.2, 0.25) is 5.71 Å². The Balaban J connectivity index is 1.97. The van der Waals surface area contributed by atoms with Gasteiger partial charge in [0.25, 0.3) is 0 Å². The van der Waals surface area contributed by atoms with Crippen LogP contribution < -0.4 is 4.90 Å². The molecule has 3 aromatic rings. The van der Waals surface area contributed by atoms with Crippen LogP contribution in [0.25, 0.3) is 22.2 Å². The Bertz CT molecular complexity index is 954. The molecule has 4 rings (SSSR count). The lowest BCUT2D eigenvalue weighted by atomic mass is 10.1. The van der Waals surface area contributed by atoms with Crippen molar-refractivity contribution in [1.29, 1.82) is 0 Å². The van der Waals surface area contributed by atoms with E-state index in [0.29, 0.717) is 42.8 Å². The third kappa shape index (κ3) is 2.98. The average molecular weight is 475 g/mol. The van der Waals surface area contributed by atoms with Gasteiger partial charge in [0, 0.05) is 13.6 Å². The van der Waals surface area contributed by atoms with Gasteiger partial charge in [0.1, 0.15) is 26.0 Å². The number of halogens is 1. The van der Waals surface area contributed by atoms with Crippen LogP contribution in [0.5, 0.6) is 0 Å². The first-order valence-corrected chi connectivity index (χ1v) is 10.1. The first kappa shape index (κ1) is 17.3. The summed E-state index contributed by atoms with van der Waals surface area (Å²) in [5.74, 6) is 0.730. The van der Waals surface area contributed by atoms with E-state index in [2.05, 4.69) is 32.7 Å². The fourth-order valence-electron chi connectivity index (χ4n) is 3.03. The lowest BCUT2D eigenvalue weighted by molar-refractivity contribution is -0.0123. The molecule has 8 nitrogen and oxygen atoms in total. The zero-order valence-corrected chi connectivity index (χ0v) is 17.1. The molecule has 1 atom stereocenters. The number of anilines is 1. The molecule has 1 N–H and O–H groups in total. The Hall–Kier alpha value is -1.11. The van der Waals surface area contributed by atoms with Gasteiger partial charge in [-0.15, -0.1) is 0 Å². The minimum Gasteiger partial charge on any atom is -0.433 e. The van der Waals surface area contributed by atoms with Crippen LogP contribution in [-0.4, -0.2) is 63.0 Å². The minimum atomic E-state index is -0.950. The summed E-state index contributed by atoms with van der Waals surface area (Å²) in [6.45, 7) is 3.65. The van der Waals surface area contributed by atoms with Crippen LogP contribution in [-0.2, 0) is 11.8 Å². The Kier molecular flexibility index (Phi) is 4.33. The molecule has 0 spiro atoms. The summed E-state index contributed by atoms with van der Waals surface area (Å²) in [6, 6.07) is 0. The molecule has 0 aliphatic carbocycles. The van der Waals surface area contributed by atoms with Crippen LogP contribution in [0.2, 0.25) is 0 Å². The molecule has 0 aromatic carbocycles. The van der Waals surface area contributed by atoms with Crippen LogP contribution in [0, 0.1) is 3.70 Å². The predicted octanol–water partition coefficient (Wildman–Crippen LogP) is 2.02. The normalized spacial score (nSPS) is 22.0. The molecule has 0 unspecified atom stereocenters. The van der Waals surface area contributed by atoms with Crippen molar-refractivity contribution in [2.45, 2.75) is 17.7 Å². The molecule has 3 aromatic heterocycles. The Morgan fingerprint density at radius 2 is 2.16 bits per heavy atom. The molecule has 0 saturated carbocycles. The van der Waals surface area contributed by atoms with E-state index in [4.69, 9.17) is 14.1 Å². The van der Waals surface area contributed by atoms with Gasteiger partial charge < -0.3 is 19.2 Å². The molecule has 1 aliphatic heterocycles. The zero-order valence-electron chi connectivity index (χ0n) is 14.1. The highest BCUT2D eigenvalue weighted by Gasteiger charge is 2.31. The van der Waals surface area contributed by atoms with Crippen LogP contribution in [0.1, 0.15) is 6.92 Å². The van der Waals surface area contributed by atoms with Crippen molar-refractivity contribution in [3.05, 3.63) is 3.70 Å². The van der Waals surface area contributed by atoms with E-state index in [1.807, 2.05) is 18.2 Å². The summed E-state index contributed by atoms with van der Waals surface area (Å²) in [4.78, 5) is 11.2. The lowest BCUT2D eigenvalue weighted by Gasteiger charge is -2.28. The summed E-state index contributed by atoms with van der Waals surface area (Å²) in [5.41, 5.74) is 1.03. The van der Waals surface area contributed by atoms with Gasteiger partial charge in [-0.1, -0.05) is 11.8 Å². The molecule has 0 radical (unpaired) electrons. The van der Waals surface area contributed by atoms with E-state index in [1.165, 1.54) is 11.8 Å². The van der Waals surface area contributed by atoms with Crippen LogP contribution in [0.15, 0.2) is 9.57 Å². The molecule has 134 valence electrons. The standard InChI is InChI=1S/C15H18IN5O3S/c1-15(22)6-21(4-5-23-7-15)12-8-9-10(11(16)20(2)19-9)24-13(8)18-14(17-12)25-3/h22H,4-7H2,1-3H3/t15-/m0/s1. The molecule has 1 aliphatic rings. The van der Waals surface area contributed by atoms with Crippen molar-refractivity contribution in [3.63, 3.8) is 0 Å². The summed E-state index contributed by atoms with van der Waals surface area (Å²) < 4.78 is 14.2. The number of hydrogen-bond donors (Lipinski definition) is 1. The monoisotopic (exact) mass is 475 g/mol. The number of furan rings is 1. The molecular formula is C15H18IN5O3S. The van der Waals surface area contributed by atoms with Gasteiger partial charge in [-0.05, 0) is 35.8 Å². The SMILES string of the molecule is CSc1nc(N2CCOC[C@@](C)(O)C2)c2c(n1)oc1c(I)n(C)nc12. The van der Waals surface area contributed by atoms with Crippen molar-refractivity contribution in [2.75, 3.05) is 37.5 Å². The number of β-amino-alcohol motifs (C(OH)–C–C–N with tert-alkyl or cyclic N) is 1. The van der Waals surface area contributed by atoms with Crippen molar-refractivity contribution in [2.24, 2.45) is 7.05 Å². The predicted molar refractivity (Wildman–Crippen MR) is 104 cm³/mol. The van der Waals surface area contributed by atoms with E-state index >= 15 is 0 Å². The quantitative estimate of drug-likeness (QED) is 0.342. The summed E-state index contributed by atoms with van der Waals surface area (Å²) in [7, 11) is 1.88. The maximum absolute atomic E-state index is 10.5. The molecule has 0 bridgehead atoms. The van der Waals surface area contributed by atoms with Crippen molar-refractivity contribution in [1.82, 2.24) is 19.7 Å². The van der Waals surface area contributed by atoms with Crippen LogP contribution >= 0.6 is 34.4 Å². The second kappa shape index (κ2) is 6.25. The van der Waals surface area contributed by atoms with Crippen LogP contribution in [0.3, 0.4) is 0 Å². The van der Waals surface area contributed by atoms with Gasteiger partial charge in [-0.2, -0.15) is 10.1 Å². The highest BCUT2D eigenvalue weighted by atomic mass is 127. The van der Waals surface area contributed by atoms with Gasteiger partial charge in [-0.25, -0.2) is 4.98 Å². The largest absolute Gasteiger partial charge is 0.433 e. The van der Waals surface area contributed by atoms with E-state index in [1.54, 1.807) is 11.6 Å². The third-order valence-electron chi connectivity index (χ3n) is 4.14. The average Bonchev–Trinajstić information content (AvgIpc) is 2.98. The topological polar surface area (TPSA) is 89.4 Å². The molecular weight excluding hydrogens is 457 g/mol. The number of thioether (sulfide) groups is 1. The van der Waals surface area contributed by atoms with Gasteiger partial charge in [-0.3, -0.25) is 4.68 Å². The third-order valence-corrected chi connectivity index (χ3v) is 5.88. The van der Waals surface area contributed by atoms with E-state index in [-0.39, 0.29) is 0 Å². The van der Waals surface area contributed by atoms with E-state index in [0.717, 1.165) is 20.4 Å². The number of rotatable bonds is 2. The maximum Gasteiger partial charge on any atom is 0.235 e. The number of aromatic nitrogens is 4. The number of fused-ring (bicyclic) bond motifs is 3. The maximum atomic E-state index is 10.5. The smallest absolute Gasteiger partial charge is 0.235 e. The van der Waals surface area contributed by atoms with E-state index < -0.39 is 5.60 Å². The van der Waals surface area contributed by atoms with Gasteiger partial charge in [0.05, 0.1) is 19.8 Å². The molecule has 1 saturated heterocycles. The van der Waals surface area contributed by atoms with Crippen LogP contribution in [0.4, 0.5) is 5.82 Å². The lowest BCUT2D eigenvalue weighted by Crippen LogP contribution is -2.42. The zero-order chi connectivity index (χ0) is 17.8. The summed E-state index contributed by atoms with van der Waals surface area (Å²) >= 11 is 3.66. The van der Waals surface area contributed by atoms with Crippen molar-refractivity contribution in [3.8, 4) is 0 Å². The van der Waals surface area contributed by atoms with Crippen molar-refractivity contribution >= 4 is 62.4 Å². The van der Waals surface area contributed by atoms with Gasteiger partial charge >= 0.3 is 0 Å². The second-order valence-electron chi connectivity index (χ2n) is 6.38. The fraction of sp³-hybridized carbons (Fsp3) is 0.533. The molecule has 0 amide bonds. The fourth-order valence-corrected chi connectivity index (χ4v) is 3.85. The van der Waals surface area contributed by atoms with E-state index in [9.17, 15) is 5.11 Å². The molecule has 1 fully saturated rings.